The van der Waals surface area contributed by atoms with Crippen molar-refractivity contribution in [2.75, 3.05) is 39.8 Å². The number of guanidine groups is 1. The van der Waals surface area contributed by atoms with E-state index in [4.69, 9.17) is 0 Å². The van der Waals surface area contributed by atoms with Crippen LogP contribution < -0.4 is 10.6 Å². The zero-order valence-corrected chi connectivity index (χ0v) is 16.6. The van der Waals surface area contributed by atoms with Crippen molar-refractivity contribution in [1.29, 1.82) is 0 Å². The fraction of sp³-hybridized carbons (Fsp3) is 0.650. The molecule has 0 spiro atoms. The van der Waals surface area contributed by atoms with Crippen LogP contribution in [-0.2, 0) is 13.1 Å². The number of nitrogens with one attached hydrogen (secondary N) is 2. The van der Waals surface area contributed by atoms with Gasteiger partial charge in [0.25, 0.3) is 0 Å². The first-order chi connectivity index (χ1) is 11.9. The molecule has 1 aliphatic heterocycles. The van der Waals surface area contributed by atoms with E-state index in [0.717, 1.165) is 19.0 Å². The molecule has 0 aromatic heterocycles. The lowest BCUT2D eigenvalue weighted by Gasteiger charge is -2.34. The third kappa shape index (κ3) is 7.04. The molecule has 0 amide bonds. The van der Waals surface area contributed by atoms with Crippen LogP contribution in [-0.4, -0.2) is 61.1 Å². The number of rotatable bonds is 5. The molecule has 1 aliphatic rings. The van der Waals surface area contributed by atoms with Gasteiger partial charge in [0.2, 0.25) is 0 Å². The molecule has 1 aromatic rings. The average molecular weight is 346 g/mol. The van der Waals surface area contributed by atoms with Crippen molar-refractivity contribution in [3.8, 4) is 0 Å². The van der Waals surface area contributed by atoms with Crippen LogP contribution in [0.15, 0.2) is 29.3 Å². The topological polar surface area (TPSA) is 42.9 Å². The van der Waals surface area contributed by atoms with Gasteiger partial charge in [-0.3, -0.25) is 9.89 Å². The number of hydrogen-bond donors (Lipinski definition) is 2. The Kier molecular flexibility index (Phi) is 7.26. The molecule has 1 heterocycles. The number of likely N-dealkylation sites (N-methyl/N-ethyl adjacent to an activating group) is 1. The lowest BCUT2D eigenvalue weighted by molar-refractivity contribution is 0.132. The van der Waals surface area contributed by atoms with Gasteiger partial charge in [-0.05, 0) is 38.4 Å². The zero-order chi connectivity index (χ0) is 18.3. The van der Waals surface area contributed by atoms with Crippen molar-refractivity contribution in [1.82, 2.24) is 20.4 Å². The van der Waals surface area contributed by atoms with E-state index in [9.17, 15) is 0 Å². The summed E-state index contributed by atoms with van der Waals surface area (Å²) in [6, 6.07) is 8.94. The van der Waals surface area contributed by atoms with Crippen LogP contribution in [0.2, 0.25) is 0 Å². The molecule has 0 aliphatic carbocycles. The summed E-state index contributed by atoms with van der Waals surface area (Å²) in [7, 11) is 1.81. The van der Waals surface area contributed by atoms with Gasteiger partial charge >= 0.3 is 0 Å². The minimum atomic E-state index is 0.00744. The Morgan fingerprint density at radius 1 is 1.00 bits per heavy atom. The summed E-state index contributed by atoms with van der Waals surface area (Å²) in [6.07, 6.45) is 0. The summed E-state index contributed by atoms with van der Waals surface area (Å²) in [5.41, 5.74) is 2.68. The van der Waals surface area contributed by atoms with Crippen molar-refractivity contribution < 1.29 is 0 Å². The highest BCUT2D eigenvalue weighted by atomic mass is 15.3. The van der Waals surface area contributed by atoms with E-state index in [1.807, 2.05) is 7.05 Å². The molecule has 0 atom stereocenters. The average Bonchev–Trinajstić information content (AvgIpc) is 2.59. The molecule has 25 heavy (non-hydrogen) atoms. The fourth-order valence-electron chi connectivity index (χ4n) is 3.00. The van der Waals surface area contributed by atoms with Crippen molar-refractivity contribution in [3.05, 3.63) is 35.4 Å². The molecular formula is C20H35N5. The predicted molar refractivity (Wildman–Crippen MR) is 107 cm³/mol. The number of piperazine rings is 1. The highest BCUT2D eigenvalue weighted by Gasteiger charge is 2.15. The first-order valence-electron chi connectivity index (χ1n) is 9.41. The van der Waals surface area contributed by atoms with Gasteiger partial charge < -0.3 is 15.5 Å². The third-order valence-corrected chi connectivity index (χ3v) is 4.52. The zero-order valence-electron chi connectivity index (χ0n) is 16.6. The van der Waals surface area contributed by atoms with Gasteiger partial charge in [-0.2, -0.15) is 0 Å². The van der Waals surface area contributed by atoms with Gasteiger partial charge in [0.1, 0.15) is 0 Å². The Morgan fingerprint density at radius 2 is 1.56 bits per heavy atom. The molecule has 1 fully saturated rings. The normalized spacial score (nSPS) is 17.6. The molecule has 0 bridgehead atoms. The number of aliphatic imine (C=N–C) groups is 1. The van der Waals surface area contributed by atoms with Gasteiger partial charge in [0, 0.05) is 51.9 Å². The van der Waals surface area contributed by atoms with Crippen LogP contribution in [0, 0.1) is 0 Å². The second-order valence-electron chi connectivity index (χ2n) is 7.83. The highest BCUT2D eigenvalue weighted by molar-refractivity contribution is 5.80. The SMILES string of the molecule is CCN1CCN(Cc2ccc(CNC(=NC)NC(C)(C)C)cc2)CC1. The highest BCUT2D eigenvalue weighted by Crippen LogP contribution is 2.10. The van der Waals surface area contributed by atoms with Crippen molar-refractivity contribution in [3.63, 3.8) is 0 Å². The molecular weight excluding hydrogens is 310 g/mol. The Morgan fingerprint density at radius 3 is 2.08 bits per heavy atom. The molecule has 0 saturated carbocycles. The van der Waals surface area contributed by atoms with E-state index in [2.05, 4.69) is 77.4 Å². The summed E-state index contributed by atoms with van der Waals surface area (Å²) in [6.45, 7) is 16.4. The van der Waals surface area contributed by atoms with E-state index in [0.29, 0.717) is 0 Å². The first-order valence-corrected chi connectivity index (χ1v) is 9.41. The Bertz CT molecular complexity index is 536. The number of nitrogens with zero attached hydrogens (tertiary/aromatic N) is 3. The minimum Gasteiger partial charge on any atom is -0.352 e. The molecule has 0 radical (unpaired) electrons. The molecule has 5 heteroatoms. The quantitative estimate of drug-likeness (QED) is 0.635. The van der Waals surface area contributed by atoms with Crippen molar-refractivity contribution in [2.45, 2.75) is 46.3 Å². The predicted octanol–water partition coefficient (Wildman–Crippen LogP) is 2.29. The monoisotopic (exact) mass is 345 g/mol. The van der Waals surface area contributed by atoms with Crippen molar-refractivity contribution >= 4 is 5.96 Å². The van der Waals surface area contributed by atoms with Crippen LogP contribution in [0.1, 0.15) is 38.8 Å². The van der Waals surface area contributed by atoms with Crippen LogP contribution in [0.3, 0.4) is 0 Å². The second-order valence-corrected chi connectivity index (χ2v) is 7.83. The third-order valence-electron chi connectivity index (χ3n) is 4.52. The largest absolute Gasteiger partial charge is 0.352 e. The molecule has 1 aromatic carbocycles. The first kappa shape index (κ1) is 19.7. The van der Waals surface area contributed by atoms with Crippen molar-refractivity contribution in [2.24, 2.45) is 4.99 Å². The molecule has 140 valence electrons. The lowest BCUT2D eigenvalue weighted by Crippen LogP contribution is -2.47. The standard InChI is InChI=1S/C20H35N5/c1-6-24-11-13-25(14-12-24)16-18-9-7-17(8-10-18)15-22-19(21-5)23-20(2,3)4/h7-10H,6,11-16H2,1-5H3,(H2,21,22,23). The summed E-state index contributed by atoms with van der Waals surface area (Å²) in [5, 5.41) is 6.76. The maximum Gasteiger partial charge on any atom is 0.191 e. The van der Waals surface area contributed by atoms with E-state index in [-0.39, 0.29) is 5.54 Å². The minimum absolute atomic E-state index is 0.00744. The van der Waals surface area contributed by atoms with Crippen LogP contribution in [0.4, 0.5) is 0 Å². The Labute approximate surface area is 153 Å². The van der Waals surface area contributed by atoms with Gasteiger partial charge in [-0.15, -0.1) is 0 Å². The van der Waals surface area contributed by atoms with Crippen LogP contribution >= 0.6 is 0 Å². The smallest absolute Gasteiger partial charge is 0.191 e. The lowest BCUT2D eigenvalue weighted by atomic mass is 10.1. The molecule has 0 unspecified atom stereocenters. The summed E-state index contributed by atoms with van der Waals surface area (Å²) in [4.78, 5) is 9.35. The summed E-state index contributed by atoms with van der Waals surface area (Å²) in [5.74, 6) is 0.838. The van der Waals surface area contributed by atoms with E-state index in [1.165, 1.54) is 43.9 Å². The molecule has 5 nitrogen and oxygen atoms in total. The molecule has 2 rings (SSSR count). The number of hydrogen-bond acceptors (Lipinski definition) is 3. The molecule has 2 N–H and O–H groups in total. The van der Waals surface area contributed by atoms with Gasteiger partial charge in [-0.1, -0.05) is 31.2 Å². The Balaban J connectivity index is 1.80. The van der Waals surface area contributed by atoms with Gasteiger partial charge in [0.05, 0.1) is 0 Å². The molecule has 1 saturated heterocycles. The van der Waals surface area contributed by atoms with Crippen LogP contribution in [0.25, 0.3) is 0 Å². The van der Waals surface area contributed by atoms with E-state index in [1.54, 1.807) is 0 Å². The maximum absolute atomic E-state index is 4.28. The maximum atomic E-state index is 4.28. The summed E-state index contributed by atoms with van der Waals surface area (Å²) < 4.78 is 0. The summed E-state index contributed by atoms with van der Waals surface area (Å²) >= 11 is 0. The van der Waals surface area contributed by atoms with E-state index < -0.39 is 0 Å². The second kappa shape index (κ2) is 9.20. The van der Waals surface area contributed by atoms with Crippen LogP contribution in [0.5, 0.6) is 0 Å². The van der Waals surface area contributed by atoms with Gasteiger partial charge in [-0.25, -0.2) is 0 Å². The van der Waals surface area contributed by atoms with Gasteiger partial charge in [0.15, 0.2) is 5.96 Å². The Hall–Kier alpha value is -1.59. The number of benzene rings is 1. The van der Waals surface area contributed by atoms with E-state index >= 15 is 0 Å². The fourth-order valence-corrected chi connectivity index (χ4v) is 3.00.